The predicted molar refractivity (Wildman–Crippen MR) is 74.5 cm³/mol. The Labute approximate surface area is 112 Å². The fourth-order valence-corrected chi connectivity index (χ4v) is 2.43. The zero-order valence-corrected chi connectivity index (χ0v) is 11.9. The normalized spacial score (nSPS) is 23.9. The Hall–Kier alpha value is -0.280. The number of halogens is 1. The molecule has 0 bridgehead atoms. The number of amides is 1. The molecule has 1 amide bonds. The van der Waals surface area contributed by atoms with E-state index in [-0.39, 0.29) is 18.3 Å². The van der Waals surface area contributed by atoms with Crippen LogP contribution in [-0.4, -0.2) is 26.0 Å². The molecule has 0 unspecified atom stereocenters. The third kappa shape index (κ3) is 6.89. The van der Waals surface area contributed by atoms with Crippen molar-refractivity contribution in [3.05, 3.63) is 0 Å². The second-order valence-corrected chi connectivity index (χ2v) is 4.95. The van der Waals surface area contributed by atoms with Crippen molar-refractivity contribution in [1.29, 1.82) is 0 Å². The van der Waals surface area contributed by atoms with E-state index in [0.29, 0.717) is 6.42 Å². The van der Waals surface area contributed by atoms with Crippen LogP contribution in [0, 0.1) is 11.8 Å². The summed E-state index contributed by atoms with van der Waals surface area (Å²) in [7, 11) is 1.87. The minimum Gasteiger partial charge on any atom is -0.356 e. The molecule has 3 nitrogen and oxygen atoms in total. The predicted octanol–water partition coefficient (Wildman–Crippen LogP) is 2.35. The van der Waals surface area contributed by atoms with E-state index in [4.69, 9.17) is 0 Å². The van der Waals surface area contributed by atoms with Crippen molar-refractivity contribution in [2.75, 3.05) is 20.1 Å². The van der Waals surface area contributed by atoms with Crippen LogP contribution >= 0.6 is 12.4 Å². The van der Waals surface area contributed by atoms with Crippen LogP contribution < -0.4 is 10.6 Å². The molecule has 2 N–H and O–H groups in total. The fourth-order valence-electron chi connectivity index (χ4n) is 2.43. The van der Waals surface area contributed by atoms with Crippen LogP contribution in [0.5, 0.6) is 0 Å². The number of carbonyl (C=O) groups is 1. The number of hydrogen-bond donors (Lipinski definition) is 2. The van der Waals surface area contributed by atoms with E-state index in [1.165, 1.54) is 32.1 Å². The molecule has 0 radical (unpaired) electrons. The van der Waals surface area contributed by atoms with Gasteiger partial charge in [-0.15, -0.1) is 12.4 Å². The second-order valence-electron chi connectivity index (χ2n) is 4.95. The molecular weight excluding hydrogens is 236 g/mol. The lowest BCUT2D eigenvalue weighted by molar-refractivity contribution is -0.121. The smallest absolute Gasteiger partial charge is 0.221 e. The van der Waals surface area contributed by atoms with E-state index in [1.54, 1.807) is 0 Å². The van der Waals surface area contributed by atoms with Crippen molar-refractivity contribution in [2.24, 2.45) is 11.8 Å². The van der Waals surface area contributed by atoms with Gasteiger partial charge >= 0.3 is 0 Å². The van der Waals surface area contributed by atoms with E-state index < -0.39 is 0 Å². The molecule has 1 rings (SSSR count). The van der Waals surface area contributed by atoms with Gasteiger partial charge < -0.3 is 10.6 Å². The summed E-state index contributed by atoms with van der Waals surface area (Å²) in [6, 6.07) is 0. The Balaban J connectivity index is 0.00000256. The van der Waals surface area contributed by atoms with Crippen molar-refractivity contribution in [3.8, 4) is 0 Å². The van der Waals surface area contributed by atoms with Gasteiger partial charge in [-0.1, -0.05) is 26.2 Å². The minimum atomic E-state index is 0. The molecule has 0 heterocycles. The molecule has 1 aliphatic carbocycles. The molecule has 0 atom stereocenters. The third-order valence-corrected chi connectivity index (χ3v) is 3.73. The zero-order valence-electron chi connectivity index (χ0n) is 11.1. The van der Waals surface area contributed by atoms with E-state index in [1.807, 2.05) is 7.05 Å². The molecule has 17 heavy (non-hydrogen) atoms. The lowest BCUT2D eigenvalue weighted by Crippen LogP contribution is -2.32. The van der Waals surface area contributed by atoms with Gasteiger partial charge in [0.2, 0.25) is 5.91 Å². The number of nitrogens with one attached hydrogen (secondary N) is 2. The average molecular weight is 263 g/mol. The molecule has 0 aromatic carbocycles. The molecule has 0 spiro atoms. The molecular formula is C13H27ClN2O. The Morgan fingerprint density at radius 2 is 1.76 bits per heavy atom. The van der Waals surface area contributed by atoms with Crippen molar-refractivity contribution < 1.29 is 4.79 Å². The maximum atomic E-state index is 11.4. The van der Waals surface area contributed by atoms with E-state index >= 15 is 0 Å². The lowest BCUT2D eigenvalue weighted by Gasteiger charge is -2.27. The fraction of sp³-hybridized carbons (Fsp3) is 0.923. The highest BCUT2D eigenvalue weighted by molar-refractivity contribution is 5.85. The van der Waals surface area contributed by atoms with Gasteiger partial charge in [0.25, 0.3) is 0 Å². The molecule has 0 aromatic rings. The topological polar surface area (TPSA) is 41.1 Å². The molecule has 0 aromatic heterocycles. The van der Waals surface area contributed by atoms with Crippen molar-refractivity contribution in [2.45, 2.75) is 45.4 Å². The second kappa shape index (κ2) is 9.72. The molecule has 0 aliphatic heterocycles. The quantitative estimate of drug-likeness (QED) is 0.772. The highest BCUT2D eigenvalue weighted by atomic mass is 35.5. The van der Waals surface area contributed by atoms with Crippen LogP contribution in [0.25, 0.3) is 0 Å². The first kappa shape index (κ1) is 16.7. The summed E-state index contributed by atoms with van der Waals surface area (Å²) in [5, 5.41) is 6.03. The number of rotatable bonds is 6. The largest absolute Gasteiger partial charge is 0.356 e. The maximum Gasteiger partial charge on any atom is 0.221 e. The van der Waals surface area contributed by atoms with E-state index in [0.717, 1.165) is 24.9 Å². The van der Waals surface area contributed by atoms with Gasteiger partial charge in [0, 0.05) is 19.5 Å². The molecule has 1 aliphatic rings. The van der Waals surface area contributed by atoms with Gasteiger partial charge in [0.15, 0.2) is 0 Å². The first-order chi connectivity index (χ1) is 7.76. The van der Waals surface area contributed by atoms with Gasteiger partial charge in [0.1, 0.15) is 0 Å². The van der Waals surface area contributed by atoms with Gasteiger partial charge in [-0.25, -0.2) is 0 Å². The summed E-state index contributed by atoms with van der Waals surface area (Å²) in [6.07, 6.45) is 7.22. The van der Waals surface area contributed by atoms with Crippen LogP contribution in [0.3, 0.4) is 0 Å². The van der Waals surface area contributed by atoms with Crippen LogP contribution in [-0.2, 0) is 4.79 Å². The SMILES string of the molecule is CCC1CCC(CNC(=O)CCNC)CC1.Cl. The van der Waals surface area contributed by atoms with E-state index in [9.17, 15) is 4.79 Å². The molecule has 102 valence electrons. The zero-order chi connectivity index (χ0) is 11.8. The van der Waals surface area contributed by atoms with Crippen molar-refractivity contribution >= 4 is 18.3 Å². The van der Waals surface area contributed by atoms with Crippen LogP contribution in [0.15, 0.2) is 0 Å². The highest BCUT2D eigenvalue weighted by Crippen LogP contribution is 2.29. The molecule has 4 heteroatoms. The Morgan fingerprint density at radius 3 is 2.29 bits per heavy atom. The average Bonchev–Trinajstić information content (AvgIpc) is 2.34. The number of carbonyl (C=O) groups excluding carboxylic acids is 1. The van der Waals surface area contributed by atoms with Crippen molar-refractivity contribution in [1.82, 2.24) is 10.6 Å². The highest BCUT2D eigenvalue weighted by Gasteiger charge is 2.19. The Kier molecular flexibility index (Phi) is 9.56. The first-order valence-electron chi connectivity index (χ1n) is 6.67. The number of hydrogen-bond acceptors (Lipinski definition) is 2. The minimum absolute atomic E-state index is 0. The van der Waals surface area contributed by atoms with Gasteiger partial charge in [-0.3, -0.25) is 4.79 Å². The summed E-state index contributed by atoms with van der Waals surface area (Å²) in [5.41, 5.74) is 0. The lowest BCUT2D eigenvalue weighted by atomic mass is 9.81. The molecule has 0 saturated heterocycles. The Morgan fingerprint density at radius 1 is 1.18 bits per heavy atom. The summed E-state index contributed by atoms with van der Waals surface area (Å²) in [6.45, 7) is 3.94. The van der Waals surface area contributed by atoms with Gasteiger partial charge in [0.05, 0.1) is 0 Å². The van der Waals surface area contributed by atoms with Crippen LogP contribution in [0.1, 0.15) is 45.4 Å². The summed E-state index contributed by atoms with van der Waals surface area (Å²) in [5.74, 6) is 1.85. The standard InChI is InChI=1S/C13H26N2O.ClH/c1-3-11-4-6-12(7-5-11)10-15-13(16)8-9-14-2;/h11-12,14H,3-10H2,1-2H3,(H,15,16);1H. The van der Waals surface area contributed by atoms with Crippen LogP contribution in [0.2, 0.25) is 0 Å². The molecule has 1 saturated carbocycles. The summed E-state index contributed by atoms with van der Waals surface area (Å²) < 4.78 is 0. The Bertz CT molecular complexity index is 204. The summed E-state index contributed by atoms with van der Waals surface area (Å²) in [4.78, 5) is 11.4. The molecule has 1 fully saturated rings. The van der Waals surface area contributed by atoms with Crippen LogP contribution in [0.4, 0.5) is 0 Å². The maximum absolute atomic E-state index is 11.4. The van der Waals surface area contributed by atoms with Gasteiger partial charge in [-0.05, 0) is 31.7 Å². The van der Waals surface area contributed by atoms with E-state index in [2.05, 4.69) is 17.6 Å². The first-order valence-corrected chi connectivity index (χ1v) is 6.67. The monoisotopic (exact) mass is 262 g/mol. The summed E-state index contributed by atoms with van der Waals surface area (Å²) >= 11 is 0. The third-order valence-electron chi connectivity index (χ3n) is 3.73. The van der Waals surface area contributed by atoms with Crippen molar-refractivity contribution in [3.63, 3.8) is 0 Å². The van der Waals surface area contributed by atoms with Gasteiger partial charge in [-0.2, -0.15) is 0 Å².